The van der Waals surface area contributed by atoms with Crippen LogP contribution < -0.4 is 5.32 Å². The highest BCUT2D eigenvalue weighted by atomic mass is 79.9. The van der Waals surface area contributed by atoms with Crippen molar-refractivity contribution in [2.75, 3.05) is 5.33 Å². The summed E-state index contributed by atoms with van der Waals surface area (Å²) < 4.78 is 38.4. The van der Waals surface area contributed by atoms with Crippen molar-refractivity contribution in [3.05, 3.63) is 35.4 Å². The van der Waals surface area contributed by atoms with E-state index in [9.17, 15) is 18.0 Å². The van der Waals surface area contributed by atoms with E-state index in [1.54, 1.807) is 0 Å². The van der Waals surface area contributed by atoms with E-state index in [4.69, 9.17) is 0 Å². The molecule has 0 aromatic heterocycles. The standard InChI is InChI=1S/C13H15BrF3NO/c1-2-9(7-8-14)18-12(19)10-5-3-4-6-11(10)13(15,16)17/h3-6,9H,2,7-8H2,1H3,(H,18,19). The van der Waals surface area contributed by atoms with Crippen LogP contribution in [0.1, 0.15) is 35.7 Å². The topological polar surface area (TPSA) is 29.1 Å². The van der Waals surface area contributed by atoms with Gasteiger partial charge in [-0.1, -0.05) is 35.0 Å². The van der Waals surface area contributed by atoms with E-state index < -0.39 is 17.6 Å². The number of hydrogen-bond donors (Lipinski definition) is 1. The van der Waals surface area contributed by atoms with E-state index in [1.807, 2.05) is 6.92 Å². The van der Waals surface area contributed by atoms with Crippen molar-refractivity contribution < 1.29 is 18.0 Å². The zero-order chi connectivity index (χ0) is 14.5. The minimum Gasteiger partial charge on any atom is -0.349 e. The molecular formula is C13H15BrF3NO. The van der Waals surface area contributed by atoms with Crippen LogP contribution in [-0.2, 0) is 6.18 Å². The van der Waals surface area contributed by atoms with Gasteiger partial charge in [0.25, 0.3) is 5.91 Å². The van der Waals surface area contributed by atoms with Crippen LogP contribution >= 0.6 is 15.9 Å². The molecule has 1 rings (SSSR count). The normalized spacial score (nSPS) is 13.1. The van der Waals surface area contributed by atoms with Crippen molar-refractivity contribution in [2.45, 2.75) is 32.0 Å². The molecule has 2 nitrogen and oxygen atoms in total. The molecule has 106 valence electrons. The predicted octanol–water partition coefficient (Wildman–Crippen LogP) is 4.00. The van der Waals surface area contributed by atoms with Crippen LogP contribution in [0.25, 0.3) is 0 Å². The Morgan fingerprint density at radius 3 is 2.53 bits per heavy atom. The van der Waals surface area contributed by atoms with E-state index in [-0.39, 0.29) is 11.6 Å². The van der Waals surface area contributed by atoms with Gasteiger partial charge in [0.15, 0.2) is 0 Å². The largest absolute Gasteiger partial charge is 0.417 e. The van der Waals surface area contributed by atoms with Crippen LogP contribution in [0.4, 0.5) is 13.2 Å². The Morgan fingerprint density at radius 1 is 1.37 bits per heavy atom. The Kier molecular flexibility index (Phi) is 5.85. The maximum absolute atomic E-state index is 12.8. The quantitative estimate of drug-likeness (QED) is 0.808. The second-order valence-corrected chi connectivity index (χ2v) is 4.89. The zero-order valence-electron chi connectivity index (χ0n) is 10.4. The van der Waals surface area contributed by atoms with Gasteiger partial charge in [-0.2, -0.15) is 13.2 Å². The lowest BCUT2D eigenvalue weighted by molar-refractivity contribution is -0.137. The van der Waals surface area contributed by atoms with Gasteiger partial charge >= 0.3 is 6.18 Å². The lowest BCUT2D eigenvalue weighted by Gasteiger charge is -2.18. The van der Waals surface area contributed by atoms with Crippen molar-refractivity contribution >= 4 is 21.8 Å². The van der Waals surface area contributed by atoms with E-state index in [0.717, 1.165) is 6.07 Å². The fourth-order valence-electron chi connectivity index (χ4n) is 1.70. The highest BCUT2D eigenvalue weighted by Gasteiger charge is 2.35. The fourth-order valence-corrected chi connectivity index (χ4v) is 2.25. The first kappa shape index (κ1) is 16.0. The Morgan fingerprint density at radius 2 is 2.00 bits per heavy atom. The number of halogens is 4. The summed E-state index contributed by atoms with van der Waals surface area (Å²) in [6.07, 6.45) is -3.17. The van der Waals surface area contributed by atoms with Crippen molar-refractivity contribution in [3.8, 4) is 0 Å². The molecule has 1 aromatic carbocycles. The van der Waals surface area contributed by atoms with Crippen molar-refractivity contribution in [1.82, 2.24) is 5.32 Å². The summed E-state index contributed by atoms with van der Waals surface area (Å²) in [7, 11) is 0. The van der Waals surface area contributed by atoms with Crippen molar-refractivity contribution in [1.29, 1.82) is 0 Å². The summed E-state index contributed by atoms with van der Waals surface area (Å²) in [6, 6.07) is 4.68. The molecule has 19 heavy (non-hydrogen) atoms. The maximum atomic E-state index is 12.8. The molecule has 1 atom stereocenters. The van der Waals surface area contributed by atoms with Gasteiger partial charge in [-0.25, -0.2) is 0 Å². The van der Waals surface area contributed by atoms with Gasteiger partial charge in [0.2, 0.25) is 0 Å². The Hall–Kier alpha value is -1.04. The summed E-state index contributed by atoms with van der Waals surface area (Å²) in [6.45, 7) is 1.88. The van der Waals surface area contributed by atoms with Gasteiger partial charge in [-0.3, -0.25) is 4.79 Å². The number of hydrogen-bond acceptors (Lipinski definition) is 1. The Balaban J connectivity index is 2.94. The molecule has 0 spiro atoms. The number of benzene rings is 1. The van der Waals surface area contributed by atoms with Crippen LogP contribution in [0.15, 0.2) is 24.3 Å². The van der Waals surface area contributed by atoms with Gasteiger partial charge < -0.3 is 5.32 Å². The molecule has 0 aliphatic heterocycles. The first-order valence-electron chi connectivity index (χ1n) is 5.93. The molecule has 6 heteroatoms. The minimum absolute atomic E-state index is 0.131. The molecule has 0 heterocycles. The average molecular weight is 338 g/mol. The van der Waals surface area contributed by atoms with Crippen molar-refractivity contribution in [3.63, 3.8) is 0 Å². The number of rotatable bonds is 5. The summed E-state index contributed by atoms with van der Waals surface area (Å²) in [5, 5.41) is 3.31. The minimum atomic E-state index is -4.52. The molecular weight excluding hydrogens is 323 g/mol. The van der Waals surface area contributed by atoms with E-state index >= 15 is 0 Å². The molecule has 0 aliphatic carbocycles. The Bertz CT molecular complexity index is 434. The van der Waals surface area contributed by atoms with Crippen LogP contribution in [0.2, 0.25) is 0 Å². The summed E-state index contributed by atoms with van der Waals surface area (Å²) in [4.78, 5) is 11.9. The molecule has 1 amide bonds. The fraction of sp³-hybridized carbons (Fsp3) is 0.462. The number of alkyl halides is 4. The third kappa shape index (κ3) is 4.53. The third-order valence-corrected chi connectivity index (χ3v) is 3.22. The van der Waals surface area contributed by atoms with Crippen LogP contribution in [0, 0.1) is 0 Å². The summed E-state index contributed by atoms with van der Waals surface area (Å²) in [5.74, 6) is -0.680. The molecule has 0 radical (unpaired) electrons. The maximum Gasteiger partial charge on any atom is 0.417 e. The highest BCUT2D eigenvalue weighted by molar-refractivity contribution is 9.09. The highest BCUT2D eigenvalue weighted by Crippen LogP contribution is 2.31. The van der Waals surface area contributed by atoms with Gasteiger partial charge in [-0.05, 0) is 25.0 Å². The van der Waals surface area contributed by atoms with Gasteiger partial charge in [0.1, 0.15) is 0 Å². The number of nitrogens with one attached hydrogen (secondary N) is 1. The van der Waals surface area contributed by atoms with E-state index in [0.29, 0.717) is 18.2 Å². The summed E-state index contributed by atoms with van der Waals surface area (Å²) >= 11 is 3.25. The molecule has 0 fully saturated rings. The zero-order valence-corrected chi connectivity index (χ0v) is 12.0. The van der Waals surface area contributed by atoms with Gasteiger partial charge in [-0.15, -0.1) is 0 Å². The molecule has 0 bridgehead atoms. The molecule has 0 saturated carbocycles. The van der Waals surface area contributed by atoms with E-state index in [2.05, 4.69) is 21.2 Å². The lowest BCUT2D eigenvalue weighted by atomic mass is 10.1. The monoisotopic (exact) mass is 337 g/mol. The number of amides is 1. The molecule has 1 aromatic rings. The van der Waals surface area contributed by atoms with Crippen LogP contribution in [-0.4, -0.2) is 17.3 Å². The van der Waals surface area contributed by atoms with Gasteiger partial charge in [0.05, 0.1) is 11.1 Å². The first-order chi connectivity index (χ1) is 8.90. The van der Waals surface area contributed by atoms with Crippen molar-refractivity contribution in [2.24, 2.45) is 0 Å². The molecule has 0 aliphatic rings. The Labute approximate surface area is 118 Å². The second-order valence-electron chi connectivity index (χ2n) is 4.10. The molecule has 1 N–H and O–H groups in total. The molecule has 1 unspecified atom stereocenters. The van der Waals surface area contributed by atoms with Crippen LogP contribution in [0.5, 0.6) is 0 Å². The lowest BCUT2D eigenvalue weighted by Crippen LogP contribution is -2.35. The van der Waals surface area contributed by atoms with Crippen LogP contribution in [0.3, 0.4) is 0 Å². The molecule has 0 saturated heterocycles. The average Bonchev–Trinajstić information content (AvgIpc) is 2.37. The third-order valence-electron chi connectivity index (χ3n) is 2.76. The number of carbonyl (C=O) groups excluding carboxylic acids is 1. The second kappa shape index (κ2) is 6.93. The first-order valence-corrected chi connectivity index (χ1v) is 7.05. The van der Waals surface area contributed by atoms with Gasteiger partial charge in [0, 0.05) is 11.4 Å². The SMILES string of the molecule is CCC(CCBr)NC(=O)c1ccccc1C(F)(F)F. The predicted molar refractivity (Wildman–Crippen MR) is 71.4 cm³/mol. The van der Waals surface area contributed by atoms with E-state index in [1.165, 1.54) is 18.2 Å². The number of carbonyl (C=O) groups is 1. The summed E-state index contributed by atoms with van der Waals surface area (Å²) in [5.41, 5.74) is -1.23. The smallest absolute Gasteiger partial charge is 0.349 e.